The van der Waals surface area contributed by atoms with Gasteiger partial charge in [0.15, 0.2) is 0 Å². The van der Waals surface area contributed by atoms with Crippen molar-refractivity contribution in [1.29, 1.82) is 0 Å². The molecule has 2 unspecified atom stereocenters. The summed E-state index contributed by atoms with van der Waals surface area (Å²) in [6.45, 7) is 12.3. The minimum absolute atomic E-state index is 0.606. The third-order valence-corrected chi connectivity index (χ3v) is 4.28. The lowest BCUT2D eigenvalue weighted by Gasteiger charge is -2.39. The third kappa shape index (κ3) is 4.18. The van der Waals surface area contributed by atoms with Crippen molar-refractivity contribution in [1.82, 2.24) is 15.2 Å². The van der Waals surface area contributed by atoms with Gasteiger partial charge in [0.1, 0.15) is 5.82 Å². The van der Waals surface area contributed by atoms with Gasteiger partial charge in [-0.2, -0.15) is 0 Å². The predicted molar refractivity (Wildman–Crippen MR) is 85.2 cm³/mol. The fourth-order valence-corrected chi connectivity index (χ4v) is 2.58. The van der Waals surface area contributed by atoms with Crippen molar-refractivity contribution >= 4 is 5.82 Å². The molecule has 0 amide bonds. The molecule has 4 heteroatoms. The van der Waals surface area contributed by atoms with Gasteiger partial charge in [0.25, 0.3) is 0 Å². The Morgan fingerprint density at radius 3 is 2.55 bits per heavy atom. The topological polar surface area (TPSA) is 31.4 Å². The molecule has 2 rings (SSSR count). The van der Waals surface area contributed by atoms with Crippen LogP contribution in [0.25, 0.3) is 0 Å². The average molecular weight is 276 g/mol. The van der Waals surface area contributed by atoms with Gasteiger partial charge in [-0.1, -0.05) is 13.0 Å². The Hall–Kier alpha value is -1.13. The highest BCUT2D eigenvalue weighted by molar-refractivity contribution is 5.38. The number of nitrogens with one attached hydrogen (secondary N) is 1. The number of pyridine rings is 1. The van der Waals surface area contributed by atoms with E-state index in [9.17, 15) is 0 Å². The van der Waals surface area contributed by atoms with Crippen LogP contribution in [-0.4, -0.2) is 54.7 Å². The molecule has 0 radical (unpaired) electrons. The van der Waals surface area contributed by atoms with Gasteiger partial charge in [-0.05, 0) is 32.4 Å². The van der Waals surface area contributed by atoms with E-state index >= 15 is 0 Å². The Labute approximate surface area is 123 Å². The Kier molecular flexibility index (Phi) is 5.80. The predicted octanol–water partition coefficient (Wildman–Crippen LogP) is 1.98. The van der Waals surface area contributed by atoms with Crippen LogP contribution >= 0.6 is 0 Å². The van der Waals surface area contributed by atoms with Crippen molar-refractivity contribution < 1.29 is 0 Å². The van der Waals surface area contributed by atoms with E-state index in [2.05, 4.69) is 53.0 Å². The molecule has 1 aliphatic rings. The SMILES string of the molecule is CCC(C)NCC(C)N1CCN(c2ccccn2)CC1. The van der Waals surface area contributed by atoms with E-state index in [1.165, 1.54) is 6.42 Å². The maximum Gasteiger partial charge on any atom is 0.128 e. The molecule has 1 fully saturated rings. The summed E-state index contributed by atoms with van der Waals surface area (Å²) in [5.41, 5.74) is 0. The smallest absolute Gasteiger partial charge is 0.128 e. The summed E-state index contributed by atoms with van der Waals surface area (Å²) in [6, 6.07) is 7.36. The van der Waals surface area contributed by atoms with Gasteiger partial charge >= 0.3 is 0 Å². The Morgan fingerprint density at radius 2 is 1.95 bits per heavy atom. The molecule has 4 nitrogen and oxygen atoms in total. The average Bonchev–Trinajstić information content (AvgIpc) is 2.53. The lowest BCUT2D eigenvalue weighted by Crippen LogP contribution is -2.52. The maximum absolute atomic E-state index is 4.44. The molecule has 1 aromatic heterocycles. The zero-order valence-corrected chi connectivity index (χ0v) is 13.0. The highest BCUT2D eigenvalue weighted by atomic mass is 15.3. The molecule has 0 saturated carbocycles. The molecule has 0 bridgehead atoms. The summed E-state index contributed by atoms with van der Waals surface area (Å²) in [7, 11) is 0. The van der Waals surface area contributed by atoms with E-state index in [0.29, 0.717) is 12.1 Å². The molecule has 2 heterocycles. The fourth-order valence-electron chi connectivity index (χ4n) is 2.58. The molecule has 1 aromatic rings. The van der Waals surface area contributed by atoms with Gasteiger partial charge < -0.3 is 10.2 Å². The highest BCUT2D eigenvalue weighted by Crippen LogP contribution is 2.13. The maximum atomic E-state index is 4.44. The van der Waals surface area contributed by atoms with Crippen LogP contribution in [0, 0.1) is 0 Å². The third-order valence-electron chi connectivity index (χ3n) is 4.28. The number of anilines is 1. The van der Waals surface area contributed by atoms with Crippen LogP contribution in [0.3, 0.4) is 0 Å². The molecular weight excluding hydrogens is 248 g/mol. The van der Waals surface area contributed by atoms with Crippen molar-refractivity contribution in [3.63, 3.8) is 0 Å². The van der Waals surface area contributed by atoms with Crippen molar-refractivity contribution in [2.45, 2.75) is 39.3 Å². The Balaban J connectivity index is 1.76. The Morgan fingerprint density at radius 1 is 1.20 bits per heavy atom. The number of hydrogen-bond acceptors (Lipinski definition) is 4. The summed E-state index contributed by atoms with van der Waals surface area (Å²) in [5, 5.41) is 3.60. The Bertz CT molecular complexity index is 373. The quantitative estimate of drug-likeness (QED) is 0.861. The van der Waals surface area contributed by atoms with Gasteiger partial charge in [0, 0.05) is 51.0 Å². The van der Waals surface area contributed by atoms with Crippen molar-refractivity contribution in [2.24, 2.45) is 0 Å². The lowest BCUT2D eigenvalue weighted by molar-refractivity contribution is 0.189. The first-order valence-electron chi connectivity index (χ1n) is 7.84. The van der Waals surface area contributed by atoms with E-state index in [-0.39, 0.29) is 0 Å². The van der Waals surface area contributed by atoms with Crippen molar-refractivity contribution in [2.75, 3.05) is 37.6 Å². The fraction of sp³-hybridized carbons (Fsp3) is 0.688. The van der Waals surface area contributed by atoms with Crippen LogP contribution in [-0.2, 0) is 0 Å². The molecular formula is C16H28N4. The largest absolute Gasteiger partial charge is 0.354 e. The minimum atomic E-state index is 0.606. The van der Waals surface area contributed by atoms with Crippen LogP contribution in [0.1, 0.15) is 27.2 Å². The molecule has 1 saturated heterocycles. The van der Waals surface area contributed by atoms with E-state index in [4.69, 9.17) is 0 Å². The summed E-state index contributed by atoms with van der Waals surface area (Å²) < 4.78 is 0. The number of aromatic nitrogens is 1. The number of nitrogens with zero attached hydrogens (tertiary/aromatic N) is 3. The van der Waals surface area contributed by atoms with Crippen LogP contribution in [0.2, 0.25) is 0 Å². The first-order valence-corrected chi connectivity index (χ1v) is 7.84. The summed E-state index contributed by atoms with van der Waals surface area (Å²) in [5.74, 6) is 1.11. The summed E-state index contributed by atoms with van der Waals surface area (Å²) in [6.07, 6.45) is 3.07. The summed E-state index contributed by atoms with van der Waals surface area (Å²) in [4.78, 5) is 9.40. The number of rotatable bonds is 6. The molecule has 20 heavy (non-hydrogen) atoms. The lowest BCUT2D eigenvalue weighted by atomic mass is 10.2. The van der Waals surface area contributed by atoms with Gasteiger partial charge in [0.2, 0.25) is 0 Å². The molecule has 2 atom stereocenters. The zero-order chi connectivity index (χ0) is 14.4. The normalized spacial score (nSPS) is 19.9. The van der Waals surface area contributed by atoms with Crippen LogP contribution in [0.5, 0.6) is 0 Å². The standard InChI is InChI=1S/C16H28N4/c1-4-14(2)18-13-15(3)19-9-11-20(12-10-19)16-7-5-6-8-17-16/h5-8,14-15,18H,4,9-13H2,1-3H3. The van der Waals surface area contributed by atoms with E-state index in [1.54, 1.807) is 0 Å². The molecule has 0 aromatic carbocycles. The van der Waals surface area contributed by atoms with Crippen LogP contribution < -0.4 is 10.2 Å². The second-order valence-corrected chi connectivity index (χ2v) is 5.78. The minimum Gasteiger partial charge on any atom is -0.354 e. The first kappa shape index (κ1) is 15.3. The number of hydrogen-bond donors (Lipinski definition) is 1. The summed E-state index contributed by atoms with van der Waals surface area (Å²) >= 11 is 0. The van der Waals surface area contributed by atoms with Crippen LogP contribution in [0.15, 0.2) is 24.4 Å². The first-order chi connectivity index (χ1) is 9.70. The van der Waals surface area contributed by atoms with Crippen LogP contribution in [0.4, 0.5) is 5.82 Å². The zero-order valence-electron chi connectivity index (χ0n) is 13.0. The van der Waals surface area contributed by atoms with E-state index in [0.717, 1.165) is 38.5 Å². The molecule has 0 spiro atoms. The van der Waals surface area contributed by atoms with Gasteiger partial charge in [0.05, 0.1) is 0 Å². The molecule has 1 N–H and O–H groups in total. The van der Waals surface area contributed by atoms with Crippen molar-refractivity contribution in [3.05, 3.63) is 24.4 Å². The molecule has 0 aliphatic carbocycles. The van der Waals surface area contributed by atoms with E-state index in [1.807, 2.05) is 12.3 Å². The van der Waals surface area contributed by atoms with E-state index < -0.39 is 0 Å². The molecule has 1 aliphatic heterocycles. The van der Waals surface area contributed by atoms with Crippen molar-refractivity contribution in [3.8, 4) is 0 Å². The second kappa shape index (κ2) is 7.60. The highest BCUT2D eigenvalue weighted by Gasteiger charge is 2.21. The molecule has 112 valence electrons. The van der Waals surface area contributed by atoms with Gasteiger partial charge in [-0.15, -0.1) is 0 Å². The second-order valence-electron chi connectivity index (χ2n) is 5.78. The number of piperazine rings is 1. The monoisotopic (exact) mass is 276 g/mol. The van der Waals surface area contributed by atoms with Gasteiger partial charge in [-0.3, -0.25) is 4.90 Å². The van der Waals surface area contributed by atoms with Gasteiger partial charge in [-0.25, -0.2) is 4.98 Å².